The van der Waals surface area contributed by atoms with Crippen LogP contribution in [0, 0.1) is 0 Å². The smallest absolute Gasteiger partial charge is 0.0949 e. The van der Waals surface area contributed by atoms with E-state index >= 15 is 0 Å². The van der Waals surface area contributed by atoms with Crippen LogP contribution in [0.25, 0.3) is 11.6 Å². The summed E-state index contributed by atoms with van der Waals surface area (Å²) in [6.07, 6.45) is 7.88. The van der Waals surface area contributed by atoms with Crippen molar-refractivity contribution < 1.29 is 0 Å². The monoisotopic (exact) mass is 260 g/mol. The van der Waals surface area contributed by atoms with Crippen LogP contribution in [-0.4, -0.2) is 9.55 Å². The Bertz CT molecular complexity index is 668. The van der Waals surface area contributed by atoms with Gasteiger partial charge in [-0.25, -0.2) is 4.98 Å². The van der Waals surface area contributed by atoms with E-state index in [2.05, 4.69) is 64.2 Å². The van der Waals surface area contributed by atoms with Crippen molar-refractivity contribution in [3.63, 3.8) is 0 Å². The molecule has 0 aliphatic heterocycles. The van der Waals surface area contributed by atoms with Crippen LogP contribution >= 0.6 is 0 Å². The Morgan fingerprint density at radius 2 is 1.65 bits per heavy atom. The average molecular weight is 260 g/mol. The fourth-order valence-electron chi connectivity index (χ4n) is 2.20. The molecule has 0 aliphatic carbocycles. The van der Waals surface area contributed by atoms with Gasteiger partial charge in [-0.2, -0.15) is 0 Å². The quantitative estimate of drug-likeness (QED) is 0.645. The molecule has 0 unspecified atom stereocenters. The van der Waals surface area contributed by atoms with Crippen molar-refractivity contribution in [3.05, 3.63) is 90.5 Å². The molecule has 0 spiro atoms. The van der Waals surface area contributed by atoms with Gasteiger partial charge in [-0.3, -0.25) is 0 Å². The normalized spacial score (nSPS) is 11.5. The third-order valence-electron chi connectivity index (χ3n) is 3.20. The minimum Gasteiger partial charge on any atom is -0.333 e. The summed E-state index contributed by atoms with van der Waals surface area (Å²) in [5.41, 5.74) is 3.73. The molecule has 0 atom stereocenters. The average Bonchev–Trinajstić information content (AvgIpc) is 3.02. The molecule has 1 aromatic heterocycles. The maximum Gasteiger partial charge on any atom is 0.0949 e. The van der Waals surface area contributed by atoms with Gasteiger partial charge in [-0.05, 0) is 22.8 Å². The van der Waals surface area contributed by atoms with Crippen molar-refractivity contribution in [2.75, 3.05) is 0 Å². The van der Waals surface area contributed by atoms with Crippen molar-refractivity contribution in [2.45, 2.75) is 6.54 Å². The van der Waals surface area contributed by atoms with Gasteiger partial charge < -0.3 is 4.57 Å². The molecule has 2 nitrogen and oxygen atoms in total. The zero-order valence-corrected chi connectivity index (χ0v) is 11.2. The Hall–Kier alpha value is -2.61. The summed E-state index contributed by atoms with van der Waals surface area (Å²) < 4.78 is 2.09. The number of benzene rings is 2. The molecule has 0 saturated carbocycles. The van der Waals surface area contributed by atoms with Gasteiger partial charge in [0.1, 0.15) is 0 Å². The first-order valence-electron chi connectivity index (χ1n) is 6.68. The molecule has 0 fully saturated rings. The summed E-state index contributed by atoms with van der Waals surface area (Å²) in [5, 5.41) is 0. The Balaban J connectivity index is 1.97. The molecular weight excluding hydrogens is 244 g/mol. The zero-order chi connectivity index (χ0) is 13.6. The lowest BCUT2D eigenvalue weighted by Gasteiger charge is -2.09. The highest BCUT2D eigenvalue weighted by Crippen LogP contribution is 2.20. The minimum absolute atomic E-state index is 0.818. The lowest BCUT2D eigenvalue weighted by atomic mass is 10.0. The van der Waals surface area contributed by atoms with Gasteiger partial charge >= 0.3 is 0 Å². The maximum absolute atomic E-state index is 4.11. The van der Waals surface area contributed by atoms with Crippen LogP contribution in [0.2, 0.25) is 0 Å². The van der Waals surface area contributed by atoms with Crippen LogP contribution in [0.5, 0.6) is 0 Å². The molecule has 20 heavy (non-hydrogen) atoms. The molecule has 0 radical (unpaired) electrons. The molecule has 1 heterocycles. The van der Waals surface area contributed by atoms with Crippen LogP contribution in [0.4, 0.5) is 0 Å². The van der Waals surface area contributed by atoms with Crippen molar-refractivity contribution in [1.29, 1.82) is 0 Å². The van der Waals surface area contributed by atoms with E-state index in [4.69, 9.17) is 0 Å². The van der Waals surface area contributed by atoms with Gasteiger partial charge in [-0.15, -0.1) is 0 Å². The number of nitrogens with zero attached hydrogens (tertiary/aromatic N) is 2. The molecule has 2 heteroatoms. The lowest BCUT2D eigenvalue weighted by Crippen LogP contribution is -1.98. The van der Waals surface area contributed by atoms with Gasteiger partial charge in [0, 0.05) is 18.9 Å². The second-order valence-corrected chi connectivity index (χ2v) is 4.68. The first-order chi connectivity index (χ1) is 9.92. The zero-order valence-electron chi connectivity index (χ0n) is 11.2. The second-order valence-electron chi connectivity index (χ2n) is 4.68. The third-order valence-corrected chi connectivity index (χ3v) is 3.20. The molecular formula is C18H16N2. The molecule has 0 aliphatic rings. The Labute approximate surface area is 119 Å². The predicted molar refractivity (Wildman–Crippen MR) is 83.0 cm³/mol. The molecule has 0 saturated heterocycles. The summed E-state index contributed by atoms with van der Waals surface area (Å²) in [4.78, 5) is 4.11. The van der Waals surface area contributed by atoms with Gasteiger partial charge in [0.15, 0.2) is 0 Å². The van der Waals surface area contributed by atoms with E-state index in [9.17, 15) is 0 Å². The molecule has 0 N–H and O–H groups in total. The van der Waals surface area contributed by atoms with E-state index in [0.717, 1.165) is 6.54 Å². The topological polar surface area (TPSA) is 17.8 Å². The standard InChI is InChI=1S/C18H16N2/c1-3-7-16(8-4-1)13-18(14-20-12-11-19-15-20)17-9-5-2-6-10-17/h1-13,15H,14H2. The van der Waals surface area contributed by atoms with E-state index in [1.807, 2.05) is 30.9 Å². The van der Waals surface area contributed by atoms with E-state index in [-0.39, 0.29) is 0 Å². The Morgan fingerprint density at radius 1 is 0.950 bits per heavy atom. The minimum atomic E-state index is 0.818. The van der Waals surface area contributed by atoms with Crippen LogP contribution in [-0.2, 0) is 6.54 Å². The number of hydrogen-bond acceptors (Lipinski definition) is 1. The summed E-state index contributed by atoms with van der Waals surface area (Å²) >= 11 is 0. The predicted octanol–water partition coefficient (Wildman–Crippen LogP) is 4.12. The Kier molecular flexibility index (Phi) is 3.74. The largest absolute Gasteiger partial charge is 0.333 e. The van der Waals surface area contributed by atoms with Crippen LogP contribution in [0.15, 0.2) is 79.4 Å². The number of imidazole rings is 1. The van der Waals surface area contributed by atoms with Crippen molar-refractivity contribution in [2.24, 2.45) is 0 Å². The van der Waals surface area contributed by atoms with E-state index in [1.54, 1.807) is 0 Å². The molecule has 98 valence electrons. The van der Waals surface area contributed by atoms with E-state index in [1.165, 1.54) is 16.7 Å². The summed E-state index contributed by atoms with van der Waals surface area (Å²) in [7, 11) is 0. The highest BCUT2D eigenvalue weighted by atomic mass is 15.0. The van der Waals surface area contributed by atoms with Crippen LogP contribution in [0.1, 0.15) is 11.1 Å². The Morgan fingerprint density at radius 3 is 2.30 bits per heavy atom. The van der Waals surface area contributed by atoms with Crippen molar-refractivity contribution in [1.82, 2.24) is 9.55 Å². The molecule has 3 aromatic rings. The van der Waals surface area contributed by atoms with Crippen molar-refractivity contribution in [3.8, 4) is 0 Å². The molecule has 3 rings (SSSR count). The molecule has 2 aromatic carbocycles. The van der Waals surface area contributed by atoms with Gasteiger partial charge in [0.05, 0.1) is 6.33 Å². The number of allylic oxidation sites excluding steroid dienone is 1. The maximum atomic E-state index is 4.11. The fourth-order valence-corrected chi connectivity index (χ4v) is 2.20. The van der Waals surface area contributed by atoms with Crippen molar-refractivity contribution >= 4 is 11.6 Å². The fraction of sp³-hybridized carbons (Fsp3) is 0.0556. The van der Waals surface area contributed by atoms with E-state index in [0.29, 0.717) is 0 Å². The first kappa shape index (κ1) is 12.4. The number of rotatable bonds is 4. The summed E-state index contributed by atoms with van der Waals surface area (Å²) in [6, 6.07) is 20.9. The molecule has 0 bridgehead atoms. The number of aromatic nitrogens is 2. The number of hydrogen-bond donors (Lipinski definition) is 0. The summed E-state index contributed by atoms with van der Waals surface area (Å²) in [5.74, 6) is 0. The van der Waals surface area contributed by atoms with Gasteiger partial charge in [0.25, 0.3) is 0 Å². The summed E-state index contributed by atoms with van der Waals surface area (Å²) in [6.45, 7) is 0.818. The SMILES string of the molecule is C(=C(Cn1ccnc1)c1ccccc1)c1ccccc1. The second kappa shape index (κ2) is 6.02. The highest BCUT2D eigenvalue weighted by molar-refractivity contribution is 5.81. The van der Waals surface area contributed by atoms with Gasteiger partial charge in [0.2, 0.25) is 0 Å². The third kappa shape index (κ3) is 3.04. The lowest BCUT2D eigenvalue weighted by molar-refractivity contribution is 0.836. The van der Waals surface area contributed by atoms with Crippen LogP contribution < -0.4 is 0 Å². The highest BCUT2D eigenvalue weighted by Gasteiger charge is 2.02. The van der Waals surface area contributed by atoms with E-state index < -0.39 is 0 Å². The van der Waals surface area contributed by atoms with Crippen LogP contribution in [0.3, 0.4) is 0 Å². The molecule has 0 amide bonds. The van der Waals surface area contributed by atoms with Gasteiger partial charge in [-0.1, -0.05) is 60.7 Å². The first-order valence-corrected chi connectivity index (χ1v) is 6.68.